The molecule has 0 aliphatic carbocycles. The van der Waals surface area contributed by atoms with Gasteiger partial charge in [0.25, 0.3) is 10.0 Å². The van der Waals surface area contributed by atoms with Gasteiger partial charge in [-0.1, -0.05) is 0 Å². The van der Waals surface area contributed by atoms with Crippen molar-refractivity contribution in [1.82, 2.24) is 9.29 Å². The van der Waals surface area contributed by atoms with Gasteiger partial charge in [-0.25, -0.2) is 13.4 Å². The van der Waals surface area contributed by atoms with E-state index in [4.69, 9.17) is 4.74 Å². The Labute approximate surface area is 114 Å². The number of hydrogen-bond acceptors (Lipinski definition) is 5. The molecule has 19 heavy (non-hydrogen) atoms. The molecule has 1 N–H and O–H groups in total. The average Bonchev–Trinajstić information content (AvgIpc) is 2.39. The minimum atomic E-state index is -3.63. The van der Waals surface area contributed by atoms with Crippen LogP contribution in [0.4, 0.5) is 5.69 Å². The Morgan fingerprint density at radius 1 is 1.53 bits per heavy atom. The van der Waals surface area contributed by atoms with Crippen LogP contribution < -0.4 is 5.32 Å². The van der Waals surface area contributed by atoms with E-state index in [2.05, 4.69) is 10.3 Å². The fourth-order valence-electron chi connectivity index (χ4n) is 1.64. The Hall–Kier alpha value is -1.18. The van der Waals surface area contributed by atoms with Crippen molar-refractivity contribution in [2.75, 3.05) is 32.6 Å². The summed E-state index contributed by atoms with van der Waals surface area (Å²) in [6, 6.07) is 3.15. The largest absolute Gasteiger partial charge is 0.383 e. The van der Waals surface area contributed by atoms with Crippen LogP contribution in [0, 0.1) is 0 Å². The highest BCUT2D eigenvalue weighted by Gasteiger charge is 2.28. The summed E-state index contributed by atoms with van der Waals surface area (Å²) in [4.78, 5) is 4.00. The van der Waals surface area contributed by atoms with Gasteiger partial charge in [0.1, 0.15) is 0 Å². The average molecular weight is 287 g/mol. The maximum atomic E-state index is 12.5. The lowest BCUT2D eigenvalue weighted by Gasteiger charge is -2.24. The maximum absolute atomic E-state index is 12.5. The molecule has 0 aromatic carbocycles. The molecule has 0 bridgehead atoms. The Bertz CT molecular complexity index is 505. The van der Waals surface area contributed by atoms with E-state index in [1.54, 1.807) is 26.2 Å². The SMILES string of the molecule is CCNc1cccnc1S(=O)(=O)N(C)C(C)COC. The molecule has 1 heterocycles. The van der Waals surface area contributed by atoms with Gasteiger partial charge in [0.05, 0.1) is 12.3 Å². The first-order valence-electron chi connectivity index (χ1n) is 6.11. The van der Waals surface area contributed by atoms with Crippen molar-refractivity contribution in [2.45, 2.75) is 24.9 Å². The first-order valence-corrected chi connectivity index (χ1v) is 7.55. The van der Waals surface area contributed by atoms with Crippen LogP contribution in [0.15, 0.2) is 23.4 Å². The maximum Gasteiger partial charge on any atom is 0.262 e. The zero-order valence-corrected chi connectivity index (χ0v) is 12.6. The molecule has 0 spiro atoms. The summed E-state index contributed by atoms with van der Waals surface area (Å²) in [7, 11) is -0.559. The number of rotatable bonds is 7. The van der Waals surface area contributed by atoms with E-state index in [-0.39, 0.29) is 11.1 Å². The van der Waals surface area contributed by atoms with Gasteiger partial charge in [0.2, 0.25) is 0 Å². The van der Waals surface area contributed by atoms with Crippen LogP contribution in [0.1, 0.15) is 13.8 Å². The topological polar surface area (TPSA) is 71.5 Å². The summed E-state index contributed by atoms with van der Waals surface area (Å²) in [5.74, 6) is 0. The third-order valence-electron chi connectivity index (χ3n) is 2.79. The number of hydrogen-bond donors (Lipinski definition) is 1. The van der Waals surface area contributed by atoms with Crippen molar-refractivity contribution < 1.29 is 13.2 Å². The molecule has 1 rings (SSSR count). The summed E-state index contributed by atoms with van der Waals surface area (Å²) in [6.45, 7) is 4.65. The number of aromatic nitrogens is 1. The fraction of sp³-hybridized carbons (Fsp3) is 0.583. The van der Waals surface area contributed by atoms with Crippen LogP contribution >= 0.6 is 0 Å². The highest BCUT2D eigenvalue weighted by atomic mass is 32.2. The number of ether oxygens (including phenoxy) is 1. The van der Waals surface area contributed by atoms with E-state index >= 15 is 0 Å². The van der Waals surface area contributed by atoms with Crippen molar-refractivity contribution in [3.8, 4) is 0 Å². The molecule has 0 amide bonds. The second kappa shape index (κ2) is 6.83. The van der Waals surface area contributed by atoms with E-state index in [9.17, 15) is 8.42 Å². The van der Waals surface area contributed by atoms with Crippen molar-refractivity contribution in [3.63, 3.8) is 0 Å². The number of nitrogens with zero attached hydrogens (tertiary/aromatic N) is 2. The van der Waals surface area contributed by atoms with Crippen LogP contribution in [0.3, 0.4) is 0 Å². The van der Waals surface area contributed by atoms with E-state index in [1.807, 2.05) is 6.92 Å². The highest BCUT2D eigenvalue weighted by molar-refractivity contribution is 7.89. The molecule has 1 atom stereocenters. The van der Waals surface area contributed by atoms with Gasteiger partial charge >= 0.3 is 0 Å². The monoisotopic (exact) mass is 287 g/mol. The molecule has 1 aromatic heterocycles. The molecule has 6 nitrogen and oxygen atoms in total. The highest BCUT2D eigenvalue weighted by Crippen LogP contribution is 2.22. The van der Waals surface area contributed by atoms with Crippen LogP contribution in [-0.2, 0) is 14.8 Å². The second-order valence-electron chi connectivity index (χ2n) is 4.21. The summed E-state index contributed by atoms with van der Waals surface area (Å²) in [5.41, 5.74) is 0.515. The molecule has 1 unspecified atom stereocenters. The number of nitrogens with one attached hydrogen (secondary N) is 1. The van der Waals surface area contributed by atoms with Crippen molar-refractivity contribution in [2.24, 2.45) is 0 Å². The fourth-order valence-corrected chi connectivity index (χ4v) is 3.06. The number of likely N-dealkylation sites (N-methyl/N-ethyl adjacent to an activating group) is 1. The molecular weight excluding hydrogens is 266 g/mol. The Kier molecular flexibility index (Phi) is 5.71. The normalized spacial score (nSPS) is 13.5. The first-order chi connectivity index (χ1) is 8.95. The summed E-state index contributed by atoms with van der Waals surface area (Å²) in [6.07, 6.45) is 1.47. The molecular formula is C12H21N3O3S. The lowest BCUT2D eigenvalue weighted by atomic mass is 10.4. The molecule has 0 radical (unpaired) electrons. The smallest absolute Gasteiger partial charge is 0.262 e. The zero-order valence-electron chi connectivity index (χ0n) is 11.8. The number of anilines is 1. The van der Waals surface area contributed by atoms with E-state index < -0.39 is 10.0 Å². The number of sulfonamides is 1. The van der Waals surface area contributed by atoms with Gasteiger partial charge in [0, 0.05) is 32.9 Å². The first kappa shape index (κ1) is 15.9. The van der Waals surface area contributed by atoms with Crippen LogP contribution in [-0.4, -0.2) is 51.1 Å². The third kappa shape index (κ3) is 3.65. The molecule has 0 fully saturated rings. The Morgan fingerprint density at radius 2 is 2.21 bits per heavy atom. The van der Waals surface area contributed by atoms with Gasteiger partial charge in [-0.3, -0.25) is 0 Å². The van der Waals surface area contributed by atoms with Crippen LogP contribution in [0.5, 0.6) is 0 Å². The minimum absolute atomic E-state index is 0.0438. The van der Waals surface area contributed by atoms with Gasteiger partial charge in [-0.15, -0.1) is 0 Å². The van der Waals surface area contributed by atoms with Crippen LogP contribution in [0.25, 0.3) is 0 Å². The van der Waals surface area contributed by atoms with Gasteiger partial charge < -0.3 is 10.1 Å². The second-order valence-corrected chi connectivity index (χ2v) is 6.12. The zero-order chi connectivity index (χ0) is 14.5. The predicted molar refractivity (Wildman–Crippen MR) is 74.7 cm³/mol. The molecule has 108 valence electrons. The Morgan fingerprint density at radius 3 is 2.79 bits per heavy atom. The van der Waals surface area contributed by atoms with E-state index in [0.29, 0.717) is 18.8 Å². The van der Waals surface area contributed by atoms with Gasteiger partial charge in [0.15, 0.2) is 5.03 Å². The molecule has 7 heteroatoms. The summed E-state index contributed by atoms with van der Waals surface area (Å²) in [5, 5.41) is 3.05. The van der Waals surface area contributed by atoms with E-state index in [0.717, 1.165) is 0 Å². The standard InChI is InChI=1S/C12H21N3O3S/c1-5-13-11-7-6-8-14-12(11)19(16,17)15(3)10(2)9-18-4/h6-8,10,13H,5,9H2,1-4H3. The molecule has 0 saturated heterocycles. The van der Waals surface area contributed by atoms with Crippen molar-refractivity contribution in [1.29, 1.82) is 0 Å². The molecule has 1 aromatic rings. The molecule has 0 saturated carbocycles. The number of pyridine rings is 1. The van der Waals surface area contributed by atoms with Gasteiger partial charge in [-0.2, -0.15) is 4.31 Å². The minimum Gasteiger partial charge on any atom is -0.383 e. The quantitative estimate of drug-likeness (QED) is 0.815. The van der Waals surface area contributed by atoms with E-state index in [1.165, 1.54) is 17.5 Å². The predicted octanol–water partition coefficient (Wildman–Crippen LogP) is 1.17. The molecule has 0 aliphatic heterocycles. The molecule has 0 aliphatic rings. The summed E-state index contributed by atoms with van der Waals surface area (Å²) >= 11 is 0. The lowest BCUT2D eigenvalue weighted by Crippen LogP contribution is -2.38. The Balaban J connectivity index is 3.12. The summed E-state index contributed by atoms with van der Waals surface area (Å²) < 4.78 is 31.3. The van der Waals surface area contributed by atoms with Crippen molar-refractivity contribution >= 4 is 15.7 Å². The third-order valence-corrected chi connectivity index (χ3v) is 4.72. The van der Waals surface area contributed by atoms with Gasteiger partial charge in [-0.05, 0) is 26.0 Å². The number of methoxy groups -OCH3 is 1. The van der Waals surface area contributed by atoms with Crippen molar-refractivity contribution in [3.05, 3.63) is 18.3 Å². The van der Waals surface area contributed by atoms with Crippen LogP contribution in [0.2, 0.25) is 0 Å². The lowest BCUT2D eigenvalue weighted by molar-refractivity contribution is 0.149.